The lowest BCUT2D eigenvalue weighted by Crippen LogP contribution is -2.39. The minimum Gasteiger partial charge on any atom is -0.497 e. The Morgan fingerprint density at radius 3 is 1.79 bits per heavy atom. The molecule has 1 aromatic heterocycles. The molecule has 2 unspecified atom stereocenters. The van der Waals surface area contributed by atoms with Crippen LogP contribution in [0.1, 0.15) is 0 Å². The van der Waals surface area contributed by atoms with Crippen LogP contribution in [-0.4, -0.2) is 74.1 Å². The van der Waals surface area contributed by atoms with Crippen LogP contribution in [0.4, 0.5) is 0 Å². The molecule has 2 aromatic carbocycles. The normalized spacial score (nSPS) is 13.8. The summed E-state index contributed by atoms with van der Waals surface area (Å²) in [5.41, 5.74) is 4.44. The van der Waals surface area contributed by atoms with Crippen LogP contribution >= 0.6 is 11.8 Å². The van der Waals surface area contributed by atoms with Gasteiger partial charge in [-0.15, -0.1) is 0 Å². The number of ether oxygens (including phenoxy) is 2. The number of aliphatic carboxylic acids is 2. The highest BCUT2D eigenvalue weighted by Gasteiger charge is 2.29. The quantitative estimate of drug-likeness (QED) is 0.390. The number of benzene rings is 2. The number of fused-ring (bicyclic) bond motifs is 1. The fourth-order valence-corrected chi connectivity index (χ4v) is 4.19. The molecule has 0 spiro atoms. The van der Waals surface area contributed by atoms with Gasteiger partial charge >= 0.3 is 11.9 Å². The molecule has 1 aliphatic heterocycles. The van der Waals surface area contributed by atoms with Gasteiger partial charge in [0.2, 0.25) is 0 Å². The summed E-state index contributed by atoms with van der Waals surface area (Å²) in [6, 6.07) is 16.3. The number of carbonyl (C=O) groups is 2. The van der Waals surface area contributed by atoms with Gasteiger partial charge in [-0.25, -0.2) is 14.6 Å². The number of thioether (sulfide) groups is 1. The Morgan fingerprint density at radius 1 is 0.882 bits per heavy atom. The summed E-state index contributed by atoms with van der Waals surface area (Å²) in [6.07, 6.45) is -4.53. The van der Waals surface area contributed by atoms with Crippen LogP contribution in [0.15, 0.2) is 53.7 Å². The van der Waals surface area contributed by atoms with Crippen LogP contribution in [0.3, 0.4) is 0 Å². The third-order valence-electron chi connectivity index (χ3n) is 5.01. The van der Waals surface area contributed by atoms with Crippen LogP contribution in [0.25, 0.3) is 22.5 Å². The maximum atomic E-state index is 9.77. The number of aliphatic hydroxyl groups excluding tert-OH is 2. The van der Waals surface area contributed by atoms with Crippen molar-refractivity contribution >= 4 is 23.7 Å². The molecule has 0 amide bonds. The molecule has 0 saturated heterocycles. The Labute approximate surface area is 199 Å². The van der Waals surface area contributed by atoms with Gasteiger partial charge in [0.15, 0.2) is 17.4 Å². The number of hydrogen-bond acceptors (Lipinski definition) is 8. The van der Waals surface area contributed by atoms with Crippen LogP contribution in [0.2, 0.25) is 0 Å². The molecule has 11 heteroatoms. The second-order valence-corrected chi connectivity index (χ2v) is 8.18. The topological polar surface area (TPSA) is 151 Å². The van der Waals surface area contributed by atoms with Gasteiger partial charge in [0.1, 0.15) is 11.5 Å². The minimum atomic E-state index is -2.27. The predicted molar refractivity (Wildman–Crippen MR) is 124 cm³/mol. The standard InChI is InChI=1S/C19H18N2O2S.C4H6O6/c1-22-15-7-3-13(4-8-15)17-18(21-11-12-24-19(21)20-17)14-5-9-16(23-2)10-6-14;5-1(3(7)8)2(6)4(9)10/h3-10H,11-12H2,1-2H3;1-2,5-6H,(H,7,8)(H,9,10). The molecule has 0 radical (unpaired) electrons. The van der Waals surface area contributed by atoms with Crippen molar-refractivity contribution < 1.29 is 39.5 Å². The molecule has 4 rings (SSSR count). The minimum absolute atomic E-state index is 0.853. The maximum Gasteiger partial charge on any atom is 0.335 e. The molecule has 3 aromatic rings. The molecule has 0 fully saturated rings. The summed E-state index contributed by atoms with van der Waals surface area (Å²) in [6.45, 7) is 0.991. The van der Waals surface area contributed by atoms with E-state index in [4.69, 9.17) is 34.9 Å². The first-order valence-electron chi connectivity index (χ1n) is 10.1. The molecule has 180 valence electrons. The highest BCUT2D eigenvalue weighted by Crippen LogP contribution is 2.39. The zero-order valence-electron chi connectivity index (χ0n) is 18.4. The van der Waals surface area contributed by atoms with E-state index in [2.05, 4.69) is 28.8 Å². The zero-order chi connectivity index (χ0) is 24.8. The molecule has 2 atom stereocenters. The first-order valence-corrected chi connectivity index (χ1v) is 11.1. The molecule has 4 N–H and O–H groups in total. The van der Waals surface area contributed by atoms with Crippen LogP contribution in [-0.2, 0) is 16.1 Å². The lowest BCUT2D eigenvalue weighted by Gasteiger charge is -2.09. The Hall–Kier alpha value is -3.54. The van der Waals surface area contributed by atoms with Crippen molar-refractivity contribution in [2.24, 2.45) is 0 Å². The van der Waals surface area contributed by atoms with E-state index >= 15 is 0 Å². The monoisotopic (exact) mass is 488 g/mol. The van der Waals surface area contributed by atoms with E-state index in [9.17, 15) is 9.59 Å². The second kappa shape index (κ2) is 11.1. The lowest BCUT2D eigenvalue weighted by atomic mass is 10.0. The van der Waals surface area contributed by atoms with Gasteiger partial charge in [-0.1, -0.05) is 11.8 Å². The predicted octanol–water partition coefficient (Wildman–Crippen LogP) is 2.22. The number of carboxylic acid groups (broad SMARTS) is 2. The van der Waals surface area contributed by atoms with E-state index in [1.54, 1.807) is 14.2 Å². The van der Waals surface area contributed by atoms with E-state index < -0.39 is 24.1 Å². The van der Waals surface area contributed by atoms with Crippen molar-refractivity contribution in [3.8, 4) is 34.0 Å². The van der Waals surface area contributed by atoms with Gasteiger partial charge in [-0.3, -0.25) is 0 Å². The summed E-state index contributed by atoms with van der Waals surface area (Å²) >= 11 is 1.81. The summed E-state index contributed by atoms with van der Waals surface area (Å²) in [5, 5.41) is 33.6. The molecule has 0 bridgehead atoms. The zero-order valence-corrected chi connectivity index (χ0v) is 19.2. The van der Waals surface area contributed by atoms with Crippen molar-refractivity contribution in [2.75, 3.05) is 20.0 Å². The van der Waals surface area contributed by atoms with Crippen molar-refractivity contribution in [2.45, 2.75) is 23.9 Å². The number of rotatable bonds is 7. The number of imidazole rings is 1. The van der Waals surface area contributed by atoms with E-state index in [0.29, 0.717) is 0 Å². The largest absolute Gasteiger partial charge is 0.497 e. The van der Waals surface area contributed by atoms with Crippen molar-refractivity contribution in [1.82, 2.24) is 9.55 Å². The third kappa shape index (κ3) is 5.50. The third-order valence-corrected chi connectivity index (χ3v) is 5.97. The average Bonchev–Trinajstić information content (AvgIpc) is 3.45. The Kier molecular flexibility index (Phi) is 8.16. The van der Waals surface area contributed by atoms with Gasteiger partial charge in [0.05, 0.1) is 25.6 Å². The summed E-state index contributed by atoms with van der Waals surface area (Å²) in [5.74, 6) is -0.745. The van der Waals surface area contributed by atoms with Gasteiger partial charge in [0, 0.05) is 23.4 Å². The number of nitrogens with zero attached hydrogens (tertiary/aromatic N) is 2. The molecule has 0 aliphatic carbocycles. The molecule has 0 saturated carbocycles. The van der Waals surface area contributed by atoms with Gasteiger partial charge in [-0.05, 0) is 48.5 Å². The summed E-state index contributed by atoms with van der Waals surface area (Å²) in [7, 11) is 3.37. The first kappa shape index (κ1) is 25.1. The van der Waals surface area contributed by atoms with E-state index in [0.717, 1.165) is 45.8 Å². The van der Waals surface area contributed by atoms with Crippen LogP contribution in [0, 0.1) is 0 Å². The number of carboxylic acids is 2. The summed E-state index contributed by atoms with van der Waals surface area (Å²) < 4.78 is 12.9. The lowest BCUT2D eigenvalue weighted by molar-refractivity contribution is -0.165. The van der Waals surface area contributed by atoms with Crippen molar-refractivity contribution in [1.29, 1.82) is 0 Å². The fourth-order valence-electron chi connectivity index (χ4n) is 3.24. The molecule has 10 nitrogen and oxygen atoms in total. The number of methoxy groups -OCH3 is 2. The van der Waals surface area contributed by atoms with E-state index in [1.165, 1.54) is 5.69 Å². The van der Waals surface area contributed by atoms with Crippen molar-refractivity contribution in [3.05, 3.63) is 48.5 Å². The number of aromatic nitrogens is 2. The van der Waals surface area contributed by atoms with Gasteiger partial charge in [0.25, 0.3) is 0 Å². The maximum absolute atomic E-state index is 9.77. The van der Waals surface area contributed by atoms with Gasteiger partial charge < -0.3 is 34.5 Å². The number of aliphatic hydroxyl groups is 2. The second-order valence-electron chi connectivity index (χ2n) is 7.11. The smallest absolute Gasteiger partial charge is 0.335 e. The molecule has 1 aliphatic rings. The fraction of sp³-hybridized carbons (Fsp3) is 0.261. The first-order chi connectivity index (χ1) is 16.3. The van der Waals surface area contributed by atoms with Crippen LogP contribution in [0.5, 0.6) is 11.5 Å². The van der Waals surface area contributed by atoms with E-state index in [-0.39, 0.29) is 0 Å². The summed E-state index contributed by atoms with van der Waals surface area (Å²) in [4.78, 5) is 24.4. The number of hydrogen-bond donors (Lipinski definition) is 4. The van der Waals surface area contributed by atoms with E-state index in [1.807, 2.05) is 36.0 Å². The highest BCUT2D eigenvalue weighted by atomic mass is 32.2. The SMILES string of the molecule is COc1ccc(-c2nc3n(c2-c2ccc(OC)cc2)CCS3)cc1.O=C(O)C(O)C(O)C(=O)O. The van der Waals surface area contributed by atoms with Gasteiger partial charge in [-0.2, -0.15) is 0 Å². The van der Waals surface area contributed by atoms with Crippen molar-refractivity contribution in [3.63, 3.8) is 0 Å². The van der Waals surface area contributed by atoms with Crippen LogP contribution < -0.4 is 9.47 Å². The highest BCUT2D eigenvalue weighted by molar-refractivity contribution is 7.99. The Morgan fingerprint density at radius 2 is 1.35 bits per heavy atom. The molecule has 34 heavy (non-hydrogen) atoms. The molecule has 2 heterocycles. The molecular formula is C23H24N2O8S. The average molecular weight is 489 g/mol. The Balaban J connectivity index is 0.000000277. The molecular weight excluding hydrogens is 464 g/mol. The Bertz CT molecular complexity index is 1130.